The zero-order chi connectivity index (χ0) is 10.7. The van der Waals surface area contributed by atoms with E-state index < -0.39 is 6.10 Å². The summed E-state index contributed by atoms with van der Waals surface area (Å²) in [5, 5.41) is 12.6. The summed E-state index contributed by atoms with van der Waals surface area (Å²) in [6, 6.07) is 2.33. The topological polar surface area (TPSA) is 45.2 Å². The van der Waals surface area contributed by atoms with Crippen LogP contribution in [0.15, 0.2) is 12.3 Å². The molecule has 0 unspecified atom stereocenters. The second-order valence-electron chi connectivity index (χ2n) is 3.91. The van der Waals surface area contributed by atoms with Crippen molar-refractivity contribution in [3.05, 3.63) is 23.4 Å². The number of anilines is 1. The average molecular weight is 194 g/mol. The summed E-state index contributed by atoms with van der Waals surface area (Å²) >= 11 is 0. The third kappa shape index (κ3) is 2.70. The maximum absolute atomic E-state index is 9.36. The van der Waals surface area contributed by atoms with Gasteiger partial charge in [-0.15, -0.1) is 0 Å². The zero-order valence-corrected chi connectivity index (χ0v) is 9.20. The van der Waals surface area contributed by atoms with Gasteiger partial charge >= 0.3 is 0 Å². The van der Waals surface area contributed by atoms with Gasteiger partial charge in [0.1, 0.15) is 5.82 Å². The zero-order valence-electron chi connectivity index (χ0n) is 9.20. The standard InChI is InChI=1S/C11H18N2O/c1-7(2)13-11-8(3)5-10(6-12-11)9(4)14/h5-7,9,14H,1-4H3,(H,12,13)/t9-/m1/s1. The normalized spacial score (nSPS) is 13.0. The Morgan fingerprint density at radius 1 is 1.36 bits per heavy atom. The molecule has 0 spiro atoms. The Balaban J connectivity index is 2.90. The average Bonchev–Trinajstić information content (AvgIpc) is 2.07. The van der Waals surface area contributed by atoms with Crippen LogP contribution >= 0.6 is 0 Å². The van der Waals surface area contributed by atoms with Crippen molar-refractivity contribution in [2.45, 2.75) is 39.8 Å². The van der Waals surface area contributed by atoms with Gasteiger partial charge in [-0.2, -0.15) is 0 Å². The molecule has 14 heavy (non-hydrogen) atoms. The van der Waals surface area contributed by atoms with Crippen molar-refractivity contribution in [1.29, 1.82) is 0 Å². The molecule has 0 aromatic carbocycles. The number of nitrogens with zero attached hydrogens (tertiary/aromatic N) is 1. The van der Waals surface area contributed by atoms with E-state index in [4.69, 9.17) is 0 Å². The SMILES string of the molecule is Cc1cc([C@@H](C)O)cnc1NC(C)C. The lowest BCUT2D eigenvalue weighted by Crippen LogP contribution is -2.12. The number of nitrogens with one attached hydrogen (secondary N) is 1. The first-order valence-electron chi connectivity index (χ1n) is 4.92. The third-order valence-electron chi connectivity index (χ3n) is 2.01. The molecule has 78 valence electrons. The molecule has 1 aromatic heterocycles. The first kappa shape index (κ1) is 11.0. The summed E-state index contributed by atoms with van der Waals surface area (Å²) in [5.41, 5.74) is 1.92. The molecule has 0 radical (unpaired) electrons. The van der Waals surface area contributed by atoms with Gasteiger partial charge in [0.05, 0.1) is 6.10 Å². The van der Waals surface area contributed by atoms with Crippen LogP contribution in [0.5, 0.6) is 0 Å². The van der Waals surface area contributed by atoms with Gasteiger partial charge in [0.2, 0.25) is 0 Å². The van der Waals surface area contributed by atoms with E-state index in [1.165, 1.54) is 0 Å². The summed E-state index contributed by atoms with van der Waals surface area (Å²) in [7, 11) is 0. The fraction of sp³-hybridized carbons (Fsp3) is 0.545. The highest BCUT2D eigenvalue weighted by Crippen LogP contribution is 2.18. The molecular weight excluding hydrogens is 176 g/mol. The molecule has 1 rings (SSSR count). The van der Waals surface area contributed by atoms with Crippen LogP contribution in [0.3, 0.4) is 0 Å². The molecule has 0 saturated carbocycles. The Morgan fingerprint density at radius 2 is 2.00 bits per heavy atom. The summed E-state index contributed by atoms with van der Waals surface area (Å²) < 4.78 is 0. The van der Waals surface area contributed by atoms with Crippen LogP contribution < -0.4 is 5.32 Å². The third-order valence-corrected chi connectivity index (χ3v) is 2.01. The van der Waals surface area contributed by atoms with E-state index in [-0.39, 0.29) is 0 Å². The molecular formula is C11H18N2O. The molecule has 0 aliphatic rings. The summed E-state index contributed by atoms with van der Waals surface area (Å²) in [5.74, 6) is 0.893. The highest BCUT2D eigenvalue weighted by Gasteiger charge is 2.05. The molecule has 0 saturated heterocycles. The molecule has 1 aromatic rings. The van der Waals surface area contributed by atoms with Crippen molar-refractivity contribution in [2.75, 3.05) is 5.32 Å². The molecule has 1 heterocycles. The maximum Gasteiger partial charge on any atom is 0.129 e. The number of aromatic nitrogens is 1. The lowest BCUT2D eigenvalue weighted by Gasteiger charge is -2.13. The minimum atomic E-state index is -0.450. The minimum Gasteiger partial charge on any atom is -0.389 e. The van der Waals surface area contributed by atoms with E-state index in [0.717, 1.165) is 16.9 Å². The van der Waals surface area contributed by atoms with E-state index in [2.05, 4.69) is 24.1 Å². The van der Waals surface area contributed by atoms with Gasteiger partial charge in [-0.3, -0.25) is 0 Å². The summed E-state index contributed by atoms with van der Waals surface area (Å²) in [4.78, 5) is 4.27. The monoisotopic (exact) mass is 194 g/mol. The van der Waals surface area contributed by atoms with Gasteiger partial charge in [0.15, 0.2) is 0 Å². The van der Waals surface area contributed by atoms with Crippen LogP contribution in [0, 0.1) is 6.92 Å². The van der Waals surface area contributed by atoms with E-state index in [1.807, 2.05) is 13.0 Å². The van der Waals surface area contributed by atoms with Gasteiger partial charge in [0, 0.05) is 12.2 Å². The molecule has 3 nitrogen and oxygen atoms in total. The number of pyridine rings is 1. The van der Waals surface area contributed by atoms with Crippen molar-refractivity contribution in [1.82, 2.24) is 4.98 Å². The lowest BCUT2D eigenvalue weighted by atomic mass is 10.1. The van der Waals surface area contributed by atoms with Crippen LogP contribution in [0.4, 0.5) is 5.82 Å². The molecule has 0 aliphatic carbocycles. The number of hydrogen-bond donors (Lipinski definition) is 2. The lowest BCUT2D eigenvalue weighted by molar-refractivity contribution is 0.199. The molecule has 0 bridgehead atoms. The van der Waals surface area contributed by atoms with Gasteiger partial charge in [-0.25, -0.2) is 4.98 Å². The van der Waals surface area contributed by atoms with E-state index in [1.54, 1.807) is 13.1 Å². The van der Waals surface area contributed by atoms with E-state index in [0.29, 0.717) is 6.04 Å². The van der Waals surface area contributed by atoms with E-state index >= 15 is 0 Å². The highest BCUT2D eigenvalue weighted by atomic mass is 16.3. The number of aryl methyl sites for hydroxylation is 1. The number of hydrogen-bond acceptors (Lipinski definition) is 3. The molecule has 0 fully saturated rings. The molecule has 0 aliphatic heterocycles. The predicted molar refractivity (Wildman–Crippen MR) is 58.4 cm³/mol. The van der Waals surface area contributed by atoms with Crippen molar-refractivity contribution < 1.29 is 5.11 Å². The fourth-order valence-electron chi connectivity index (χ4n) is 1.25. The first-order valence-corrected chi connectivity index (χ1v) is 4.92. The van der Waals surface area contributed by atoms with Gasteiger partial charge in [0.25, 0.3) is 0 Å². The van der Waals surface area contributed by atoms with Gasteiger partial charge in [-0.05, 0) is 44.9 Å². The van der Waals surface area contributed by atoms with Crippen molar-refractivity contribution >= 4 is 5.82 Å². The highest BCUT2D eigenvalue weighted by molar-refractivity contribution is 5.45. The van der Waals surface area contributed by atoms with Crippen LogP contribution in [0.2, 0.25) is 0 Å². The predicted octanol–water partition coefficient (Wildman–Crippen LogP) is 2.26. The van der Waals surface area contributed by atoms with Crippen molar-refractivity contribution in [3.63, 3.8) is 0 Å². The van der Waals surface area contributed by atoms with Gasteiger partial charge in [-0.1, -0.05) is 0 Å². The summed E-state index contributed by atoms with van der Waals surface area (Å²) in [6.45, 7) is 7.88. The molecule has 1 atom stereocenters. The fourth-order valence-corrected chi connectivity index (χ4v) is 1.25. The number of aliphatic hydroxyl groups excluding tert-OH is 1. The Hall–Kier alpha value is -1.09. The molecule has 0 amide bonds. The minimum absolute atomic E-state index is 0.374. The smallest absolute Gasteiger partial charge is 0.129 e. The number of rotatable bonds is 3. The molecule has 3 heteroatoms. The Kier molecular flexibility index (Phi) is 3.47. The second kappa shape index (κ2) is 4.42. The summed E-state index contributed by atoms with van der Waals surface area (Å²) in [6.07, 6.45) is 1.26. The van der Waals surface area contributed by atoms with Crippen LogP contribution in [0.25, 0.3) is 0 Å². The molecule has 2 N–H and O–H groups in total. The van der Waals surface area contributed by atoms with Gasteiger partial charge < -0.3 is 10.4 Å². The quantitative estimate of drug-likeness (QED) is 0.775. The second-order valence-corrected chi connectivity index (χ2v) is 3.91. The van der Waals surface area contributed by atoms with Crippen LogP contribution in [-0.2, 0) is 0 Å². The van der Waals surface area contributed by atoms with Crippen molar-refractivity contribution in [3.8, 4) is 0 Å². The van der Waals surface area contributed by atoms with E-state index in [9.17, 15) is 5.11 Å². The largest absolute Gasteiger partial charge is 0.389 e. The Bertz CT molecular complexity index is 308. The first-order chi connectivity index (χ1) is 6.50. The number of aliphatic hydroxyl groups is 1. The van der Waals surface area contributed by atoms with Crippen LogP contribution in [0.1, 0.15) is 38.0 Å². The maximum atomic E-state index is 9.36. The van der Waals surface area contributed by atoms with Crippen molar-refractivity contribution in [2.24, 2.45) is 0 Å². The Morgan fingerprint density at radius 3 is 2.43 bits per heavy atom. The van der Waals surface area contributed by atoms with Crippen LogP contribution in [-0.4, -0.2) is 16.1 Å². The Labute approximate surface area is 85.2 Å².